The van der Waals surface area contributed by atoms with Gasteiger partial charge in [-0.1, -0.05) is 11.6 Å². The van der Waals surface area contributed by atoms with Crippen LogP contribution in [0.4, 0.5) is 4.39 Å². The molecule has 0 saturated heterocycles. The zero-order valence-electron chi connectivity index (χ0n) is 6.56. The van der Waals surface area contributed by atoms with Crippen LogP contribution in [0.5, 0.6) is 0 Å². The highest BCUT2D eigenvalue weighted by atomic mass is 127. The lowest BCUT2D eigenvalue weighted by molar-refractivity contribution is 0.632. The highest BCUT2D eigenvalue weighted by Crippen LogP contribution is 2.31. The van der Waals surface area contributed by atoms with E-state index in [2.05, 4.69) is 48.5 Å². The third kappa shape index (κ3) is 1.61. The molecule has 0 aliphatic rings. The van der Waals surface area contributed by atoms with Gasteiger partial charge in [0.05, 0.1) is 15.4 Å². The molecule has 0 aliphatic heterocycles. The number of nitrogens with zero attached hydrogens (tertiary/aromatic N) is 2. The molecule has 0 unspecified atom stereocenters. The second-order valence-electron chi connectivity index (χ2n) is 2.54. The van der Waals surface area contributed by atoms with Crippen LogP contribution in [0.3, 0.4) is 0 Å². The summed E-state index contributed by atoms with van der Waals surface area (Å²) in [7, 11) is 0. The molecule has 0 saturated carbocycles. The summed E-state index contributed by atoms with van der Waals surface area (Å²) >= 11 is 11.0. The van der Waals surface area contributed by atoms with E-state index in [-0.39, 0.29) is 10.5 Å². The molecular weight excluding hydrogens is 385 g/mol. The summed E-state index contributed by atoms with van der Waals surface area (Å²) in [4.78, 5) is 7.72. The second-order valence-corrected chi connectivity index (χ2v) is 4.92. The molecule has 0 atom stereocenters. The van der Waals surface area contributed by atoms with E-state index in [1.165, 1.54) is 6.33 Å². The number of halogens is 4. The van der Waals surface area contributed by atoms with Gasteiger partial charge in [0.1, 0.15) is 17.3 Å². The summed E-state index contributed by atoms with van der Waals surface area (Å²) in [6.07, 6.45) is 1.32. The van der Waals surface area contributed by atoms with Crippen LogP contribution in [-0.4, -0.2) is 9.97 Å². The van der Waals surface area contributed by atoms with E-state index < -0.39 is 5.82 Å². The second kappa shape index (κ2) is 3.86. The highest BCUT2D eigenvalue weighted by Gasteiger charge is 2.13. The first-order valence-corrected chi connectivity index (χ1v) is 5.80. The van der Waals surface area contributed by atoms with E-state index in [9.17, 15) is 4.39 Å². The normalized spacial score (nSPS) is 10.9. The zero-order chi connectivity index (χ0) is 10.3. The molecule has 0 N–H and O–H groups in total. The fourth-order valence-electron chi connectivity index (χ4n) is 1.10. The first kappa shape index (κ1) is 10.5. The molecule has 14 heavy (non-hydrogen) atoms. The molecule has 1 heterocycles. The van der Waals surface area contributed by atoms with Gasteiger partial charge in [-0.05, 0) is 44.6 Å². The summed E-state index contributed by atoms with van der Waals surface area (Å²) in [6.45, 7) is 0. The first-order valence-electron chi connectivity index (χ1n) is 3.55. The monoisotopic (exact) mass is 386 g/mol. The minimum absolute atomic E-state index is 0.131. The van der Waals surface area contributed by atoms with Crippen molar-refractivity contribution in [3.05, 3.63) is 31.4 Å². The quantitative estimate of drug-likeness (QED) is 0.391. The molecule has 1 aromatic heterocycles. The van der Waals surface area contributed by atoms with Crippen molar-refractivity contribution >= 4 is 61.0 Å². The van der Waals surface area contributed by atoms with Gasteiger partial charge in [-0.3, -0.25) is 0 Å². The van der Waals surface area contributed by atoms with Gasteiger partial charge >= 0.3 is 0 Å². The minimum atomic E-state index is -0.425. The third-order valence-corrected chi connectivity index (χ3v) is 3.40. The Kier molecular flexibility index (Phi) is 2.90. The van der Waals surface area contributed by atoms with Gasteiger partial charge in [0.2, 0.25) is 0 Å². The zero-order valence-corrected chi connectivity index (χ0v) is 11.1. The van der Waals surface area contributed by atoms with Gasteiger partial charge in [-0.25, -0.2) is 14.4 Å². The van der Waals surface area contributed by atoms with Gasteiger partial charge in [-0.2, -0.15) is 0 Å². The highest BCUT2D eigenvalue weighted by molar-refractivity contribution is 14.1. The molecule has 2 rings (SSSR count). The summed E-state index contributed by atoms with van der Waals surface area (Å²) in [6, 6.07) is 1.65. The Balaban J connectivity index is 3.03. The number of rotatable bonds is 0. The molecule has 0 radical (unpaired) electrons. The molecule has 0 fully saturated rings. The van der Waals surface area contributed by atoms with Gasteiger partial charge in [0.15, 0.2) is 0 Å². The predicted molar refractivity (Wildman–Crippen MR) is 64.9 cm³/mol. The van der Waals surface area contributed by atoms with Crippen molar-refractivity contribution in [1.82, 2.24) is 9.97 Å². The number of benzene rings is 1. The molecule has 2 aromatic rings. The molecule has 2 nitrogen and oxygen atoms in total. The molecule has 0 bridgehead atoms. The van der Waals surface area contributed by atoms with E-state index in [4.69, 9.17) is 11.6 Å². The van der Waals surface area contributed by atoms with Gasteiger partial charge in [0, 0.05) is 3.57 Å². The Labute approximate surface area is 106 Å². The largest absolute Gasteiger partial charge is 0.235 e. The fourth-order valence-corrected chi connectivity index (χ4v) is 2.89. The maximum absolute atomic E-state index is 13.6. The van der Waals surface area contributed by atoms with E-state index in [1.54, 1.807) is 6.07 Å². The number of aromatic nitrogens is 2. The lowest BCUT2D eigenvalue weighted by Crippen LogP contribution is -1.91. The van der Waals surface area contributed by atoms with E-state index in [0.717, 1.165) is 3.57 Å². The lowest BCUT2D eigenvalue weighted by Gasteiger charge is -2.04. The molecule has 72 valence electrons. The lowest BCUT2D eigenvalue weighted by atomic mass is 10.2. The Morgan fingerprint density at radius 2 is 2.14 bits per heavy atom. The smallest absolute Gasteiger partial charge is 0.149 e. The molecule has 0 spiro atoms. The Morgan fingerprint density at radius 3 is 2.86 bits per heavy atom. The third-order valence-electron chi connectivity index (χ3n) is 1.71. The van der Waals surface area contributed by atoms with Crippen LogP contribution < -0.4 is 0 Å². The van der Waals surface area contributed by atoms with Crippen LogP contribution in [0.1, 0.15) is 0 Å². The van der Waals surface area contributed by atoms with Crippen molar-refractivity contribution in [3.63, 3.8) is 0 Å². The fraction of sp³-hybridized carbons (Fsp3) is 0. The topological polar surface area (TPSA) is 25.8 Å². The molecule has 6 heteroatoms. The van der Waals surface area contributed by atoms with Crippen LogP contribution >= 0.6 is 50.1 Å². The van der Waals surface area contributed by atoms with Crippen LogP contribution in [0.2, 0.25) is 5.15 Å². The maximum Gasteiger partial charge on any atom is 0.149 e. The molecule has 0 aliphatic carbocycles. The van der Waals surface area contributed by atoms with Crippen molar-refractivity contribution < 1.29 is 4.39 Å². The van der Waals surface area contributed by atoms with E-state index in [0.29, 0.717) is 9.99 Å². The molecular formula is C8H2BrClFIN2. The van der Waals surface area contributed by atoms with Crippen molar-refractivity contribution in [2.45, 2.75) is 0 Å². The molecule has 1 aromatic carbocycles. The minimum Gasteiger partial charge on any atom is -0.235 e. The van der Waals surface area contributed by atoms with Gasteiger partial charge < -0.3 is 0 Å². The van der Waals surface area contributed by atoms with Crippen LogP contribution in [-0.2, 0) is 0 Å². The number of fused-ring (bicyclic) bond motifs is 1. The van der Waals surface area contributed by atoms with Gasteiger partial charge in [-0.15, -0.1) is 0 Å². The summed E-state index contributed by atoms with van der Waals surface area (Å²) < 4.78 is 14.8. The SMILES string of the molecule is Fc1c(Br)cc(I)c2ncnc(Cl)c12. The summed E-state index contributed by atoms with van der Waals surface area (Å²) in [5.74, 6) is -0.425. The van der Waals surface area contributed by atoms with Crippen molar-refractivity contribution in [2.75, 3.05) is 0 Å². The standard InChI is InChI=1S/C8H2BrClFIN2/c9-3-1-4(12)7-5(6(3)11)8(10)14-2-13-7/h1-2H. The van der Waals surface area contributed by atoms with Crippen LogP contribution in [0.25, 0.3) is 10.9 Å². The Morgan fingerprint density at radius 1 is 1.43 bits per heavy atom. The van der Waals surface area contributed by atoms with Crippen molar-refractivity contribution in [1.29, 1.82) is 0 Å². The van der Waals surface area contributed by atoms with Crippen LogP contribution in [0.15, 0.2) is 16.9 Å². The average molecular weight is 387 g/mol. The van der Waals surface area contributed by atoms with Gasteiger partial charge in [0.25, 0.3) is 0 Å². The Hall–Kier alpha value is -0.0100. The number of hydrogen-bond donors (Lipinski definition) is 0. The average Bonchev–Trinajstić information content (AvgIpc) is 2.14. The summed E-state index contributed by atoms with van der Waals surface area (Å²) in [5, 5.41) is 0.389. The Bertz CT molecular complexity index is 520. The molecule has 0 amide bonds. The first-order chi connectivity index (χ1) is 6.61. The number of hydrogen-bond acceptors (Lipinski definition) is 2. The van der Waals surface area contributed by atoms with E-state index >= 15 is 0 Å². The van der Waals surface area contributed by atoms with Crippen molar-refractivity contribution in [2.24, 2.45) is 0 Å². The summed E-state index contributed by atoms with van der Waals surface area (Å²) in [5.41, 5.74) is 0.534. The maximum atomic E-state index is 13.6. The predicted octanol–water partition coefficient (Wildman–Crippen LogP) is 3.79. The van der Waals surface area contributed by atoms with Crippen LogP contribution in [0, 0.1) is 9.39 Å². The van der Waals surface area contributed by atoms with E-state index in [1.807, 2.05) is 0 Å². The van der Waals surface area contributed by atoms with Crippen molar-refractivity contribution in [3.8, 4) is 0 Å².